The molecular weight excluding hydrogens is 511 g/mol. The van der Waals surface area contributed by atoms with Crippen LogP contribution in [0.25, 0.3) is 0 Å². The molecule has 8 heteroatoms. The predicted octanol–water partition coefficient (Wildman–Crippen LogP) is 3.89. The Labute approximate surface area is 201 Å². The standard InChI is InChI=1S/C22H31ClN6.HI/c1-16-4-5-20(23)10-21(16)28-8-6-17(13-28)11-25-22(24-2)29-9-7-18(15-29)19-12-26-27(3)14-19;/h4-5,10,12,14,17-18H,6-9,11,13,15H2,1-3H3,(H,24,25);1H. The van der Waals surface area contributed by atoms with Crippen molar-refractivity contribution in [2.24, 2.45) is 18.0 Å². The molecule has 3 heterocycles. The first-order valence-electron chi connectivity index (χ1n) is 10.5. The van der Waals surface area contributed by atoms with E-state index in [9.17, 15) is 0 Å². The van der Waals surface area contributed by atoms with Crippen molar-refractivity contribution < 1.29 is 0 Å². The number of hydrogen-bond acceptors (Lipinski definition) is 3. The minimum atomic E-state index is 0. The van der Waals surface area contributed by atoms with Gasteiger partial charge in [0.05, 0.1) is 6.20 Å². The third-order valence-electron chi connectivity index (χ3n) is 6.24. The van der Waals surface area contributed by atoms with Gasteiger partial charge in [-0.05, 0) is 48.9 Å². The molecule has 2 fully saturated rings. The molecule has 1 aromatic carbocycles. The minimum Gasteiger partial charge on any atom is -0.371 e. The van der Waals surface area contributed by atoms with E-state index in [1.54, 1.807) is 0 Å². The van der Waals surface area contributed by atoms with Gasteiger partial charge in [-0.3, -0.25) is 9.67 Å². The van der Waals surface area contributed by atoms with E-state index in [1.165, 1.54) is 23.2 Å². The third kappa shape index (κ3) is 5.22. The third-order valence-corrected chi connectivity index (χ3v) is 6.48. The fourth-order valence-corrected chi connectivity index (χ4v) is 4.75. The maximum absolute atomic E-state index is 6.22. The van der Waals surface area contributed by atoms with E-state index in [4.69, 9.17) is 11.6 Å². The summed E-state index contributed by atoms with van der Waals surface area (Å²) >= 11 is 6.22. The van der Waals surface area contributed by atoms with E-state index in [0.717, 1.165) is 50.1 Å². The molecule has 164 valence electrons. The molecule has 0 radical (unpaired) electrons. The largest absolute Gasteiger partial charge is 0.371 e. The molecule has 1 N–H and O–H groups in total. The van der Waals surface area contributed by atoms with Crippen LogP contribution in [0.2, 0.25) is 5.02 Å². The lowest BCUT2D eigenvalue weighted by atomic mass is 10.0. The molecule has 2 saturated heterocycles. The van der Waals surface area contributed by atoms with Crippen LogP contribution in [-0.4, -0.2) is 60.4 Å². The van der Waals surface area contributed by atoms with Crippen LogP contribution in [0.4, 0.5) is 5.69 Å². The molecule has 2 aliphatic heterocycles. The Morgan fingerprint density at radius 2 is 2.10 bits per heavy atom. The fourth-order valence-electron chi connectivity index (χ4n) is 4.58. The summed E-state index contributed by atoms with van der Waals surface area (Å²) in [7, 11) is 3.86. The Morgan fingerprint density at radius 1 is 1.27 bits per heavy atom. The van der Waals surface area contributed by atoms with Crippen LogP contribution in [0.5, 0.6) is 0 Å². The van der Waals surface area contributed by atoms with E-state index in [2.05, 4.69) is 50.5 Å². The van der Waals surface area contributed by atoms with Gasteiger partial charge in [-0.1, -0.05) is 17.7 Å². The van der Waals surface area contributed by atoms with Crippen LogP contribution in [0.3, 0.4) is 0 Å². The number of aryl methyl sites for hydroxylation is 2. The van der Waals surface area contributed by atoms with E-state index in [-0.39, 0.29) is 24.0 Å². The molecule has 0 spiro atoms. The summed E-state index contributed by atoms with van der Waals surface area (Å²) in [6.07, 6.45) is 6.47. The average molecular weight is 543 g/mol. The van der Waals surface area contributed by atoms with Gasteiger partial charge < -0.3 is 15.1 Å². The summed E-state index contributed by atoms with van der Waals surface area (Å²) in [6.45, 7) is 7.30. The van der Waals surface area contributed by atoms with E-state index in [0.29, 0.717) is 11.8 Å². The maximum Gasteiger partial charge on any atom is 0.193 e. The van der Waals surface area contributed by atoms with Crippen molar-refractivity contribution >= 4 is 47.2 Å². The summed E-state index contributed by atoms with van der Waals surface area (Å²) in [6, 6.07) is 6.17. The normalized spacial score (nSPS) is 21.8. The molecule has 6 nitrogen and oxygen atoms in total. The van der Waals surface area contributed by atoms with Crippen LogP contribution in [0.1, 0.15) is 29.9 Å². The Hall–Kier alpha value is -1.48. The predicted molar refractivity (Wildman–Crippen MR) is 135 cm³/mol. The maximum atomic E-state index is 6.22. The van der Waals surface area contributed by atoms with Crippen molar-refractivity contribution in [1.29, 1.82) is 0 Å². The lowest BCUT2D eigenvalue weighted by Gasteiger charge is -2.24. The van der Waals surface area contributed by atoms with Gasteiger partial charge in [-0.25, -0.2) is 0 Å². The first-order chi connectivity index (χ1) is 14.0. The Kier molecular flexibility index (Phi) is 7.90. The number of aliphatic imine (C=N–C) groups is 1. The molecular formula is C22H32ClIN6. The van der Waals surface area contributed by atoms with Gasteiger partial charge in [0.1, 0.15) is 0 Å². The number of hydrogen-bond donors (Lipinski definition) is 1. The summed E-state index contributed by atoms with van der Waals surface area (Å²) in [4.78, 5) is 9.39. The van der Waals surface area contributed by atoms with Crippen LogP contribution in [0.15, 0.2) is 35.6 Å². The molecule has 1 aromatic heterocycles. The fraction of sp³-hybridized carbons (Fsp3) is 0.545. The van der Waals surface area contributed by atoms with Gasteiger partial charge in [0, 0.05) is 69.6 Å². The number of nitrogens with one attached hydrogen (secondary N) is 1. The second-order valence-electron chi connectivity index (χ2n) is 8.34. The zero-order valence-corrected chi connectivity index (χ0v) is 21.1. The first kappa shape index (κ1) is 23.2. The number of aromatic nitrogens is 2. The average Bonchev–Trinajstić information content (AvgIpc) is 3.45. The molecule has 2 atom stereocenters. The highest BCUT2D eigenvalue weighted by molar-refractivity contribution is 14.0. The smallest absolute Gasteiger partial charge is 0.193 e. The van der Waals surface area contributed by atoms with E-state index < -0.39 is 0 Å². The highest BCUT2D eigenvalue weighted by Gasteiger charge is 2.28. The zero-order chi connectivity index (χ0) is 20.4. The topological polar surface area (TPSA) is 48.7 Å². The van der Waals surface area contributed by atoms with E-state index in [1.807, 2.05) is 31.0 Å². The Bertz CT molecular complexity index is 882. The van der Waals surface area contributed by atoms with Gasteiger partial charge in [0.2, 0.25) is 0 Å². The van der Waals surface area contributed by atoms with Gasteiger partial charge in [-0.15, -0.1) is 24.0 Å². The molecule has 2 unspecified atom stereocenters. The Morgan fingerprint density at radius 3 is 2.83 bits per heavy atom. The molecule has 0 aliphatic carbocycles. The quantitative estimate of drug-likeness (QED) is 0.362. The monoisotopic (exact) mass is 542 g/mol. The molecule has 4 rings (SSSR count). The number of halogens is 2. The summed E-state index contributed by atoms with van der Waals surface area (Å²) < 4.78 is 1.89. The molecule has 0 saturated carbocycles. The van der Waals surface area contributed by atoms with Crippen molar-refractivity contribution in [2.45, 2.75) is 25.7 Å². The first-order valence-corrected chi connectivity index (χ1v) is 10.9. The second kappa shape index (κ2) is 10.2. The SMILES string of the molecule is CN=C(NCC1CCN(c2cc(Cl)ccc2C)C1)N1CCC(c2cnn(C)c2)C1.I. The molecule has 0 bridgehead atoms. The van der Waals surface area contributed by atoms with Crippen LogP contribution >= 0.6 is 35.6 Å². The van der Waals surface area contributed by atoms with Crippen molar-refractivity contribution in [3.63, 3.8) is 0 Å². The number of rotatable bonds is 4. The van der Waals surface area contributed by atoms with E-state index >= 15 is 0 Å². The number of likely N-dealkylation sites (tertiary alicyclic amines) is 1. The summed E-state index contributed by atoms with van der Waals surface area (Å²) in [5.74, 6) is 2.17. The van der Waals surface area contributed by atoms with Crippen LogP contribution in [0, 0.1) is 12.8 Å². The molecule has 2 aromatic rings. The van der Waals surface area contributed by atoms with Crippen molar-refractivity contribution in [3.05, 3.63) is 46.7 Å². The van der Waals surface area contributed by atoms with Crippen molar-refractivity contribution in [1.82, 2.24) is 20.0 Å². The number of benzene rings is 1. The van der Waals surface area contributed by atoms with Gasteiger partial charge >= 0.3 is 0 Å². The molecule has 30 heavy (non-hydrogen) atoms. The highest BCUT2D eigenvalue weighted by Crippen LogP contribution is 2.30. The lowest BCUT2D eigenvalue weighted by molar-refractivity contribution is 0.470. The van der Waals surface area contributed by atoms with Crippen molar-refractivity contribution in [3.8, 4) is 0 Å². The number of guanidine groups is 1. The van der Waals surface area contributed by atoms with Crippen molar-refractivity contribution in [2.75, 3.05) is 44.7 Å². The second-order valence-corrected chi connectivity index (χ2v) is 8.78. The minimum absolute atomic E-state index is 0. The Balaban J connectivity index is 0.00000256. The molecule has 0 amide bonds. The van der Waals surface area contributed by atoms with Gasteiger partial charge in [-0.2, -0.15) is 5.10 Å². The molecule has 2 aliphatic rings. The van der Waals surface area contributed by atoms with Gasteiger partial charge in [0.25, 0.3) is 0 Å². The zero-order valence-electron chi connectivity index (χ0n) is 18.0. The summed E-state index contributed by atoms with van der Waals surface area (Å²) in [5.41, 5.74) is 3.88. The lowest BCUT2D eigenvalue weighted by Crippen LogP contribution is -2.42. The van der Waals surface area contributed by atoms with Gasteiger partial charge in [0.15, 0.2) is 5.96 Å². The van der Waals surface area contributed by atoms with Crippen LogP contribution < -0.4 is 10.2 Å². The number of anilines is 1. The highest BCUT2D eigenvalue weighted by atomic mass is 127. The van der Waals surface area contributed by atoms with Crippen LogP contribution in [-0.2, 0) is 7.05 Å². The summed E-state index contributed by atoms with van der Waals surface area (Å²) in [5, 5.41) is 8.76. The number of nitrogens with zero attached hydrogens (tertiary/aromatic N) is 5.